The summed E-state index contributed by atoms with van der Waals surface area (Å²) in [5.41, 5.74) is 0.422. The largest absolute Gasteiger partial charge is 0.383 e. The predicted molar refractivity (Wildman–Crippen MR) is 110 cm³/mol. The highest BCUT2D eigenvalue weighted by molar-refractivity contribution is 7.98. The van der Waals surface area contributed by atoms with Crippen LogP contribution in [0, 0.1) is 25.5 Å². The second-order valence-corrected chi connectivity index (χ2v) is 8.19. The molecule has 0 aliphatic heterocycles. The number of aryl methyl sites for hydroxylation is 2. The molecule has 3 aromatic rings. The molecule has 1 amide bonds. The minimum absolute atomic E-state index is 0.0923. The van der Waals surface area contributed by atoms with E-state index in [9.17, 15) is 18.7 Å². The Morgan fingerprint density at radius 3 is 2.63 bits per heavy atom. The van der Waals surface area contributed by atoms with E-state index in [-0.39, 0.29) is 12.1 Å². The number of benzene rings is 2. The molecule has 1 atom stereocenters. The standard InChI is InChI=1S/C22H22F2N2O3S/c1-13-17(14(2)29-26-13)11-30-20-7-5-4-6-16(20)21(27)25-12-22(3,28)18-9-8-15(23)10-19(18)24/h4-10,28H,11-12H2,1-3H3,(H,25,27). The molecular weight excluding hydrogens is 410 g/mol. The molecule has 8 heteroatoms. The lowest BCUT2D eigenvalue weighted by Gasteiger charge is -2.25. The molecule has 1 unspecified atom stereocenters. The number of aromatic nitrogens is 1. The number of hydrogen-bond acceptors (Lipinski definition) is 5. The van der Waals surface area contributed by atoms with Crippen molar-refractivity contribution in [1.82, 2.24) is 10.5 Å². The Hall–Kier alpha value is -2.71. The smallest absolute Gasteiger partial charge is 0.252 e. The van der Waals surface area contributed by atoms with Gasteiger partial charge in [-0.1, -0.05) is 23.4 Å². The number of carbonyl (C=O) groups excluding carboxylic acids is 1. The first-order chi connectivity index (χ1) is 14.2. The summed E-state index contributed by atoms with van der Waals surface area (Å²) in [4.78, 5) is 13.5. The quantitative estimate of drug-likeness (QED) is 0.538. The zero-order chi connectivity index (χ0) is 21.9. The van der Waals surface area contributed by atoms with Crippen molar-refractivity contribution in [3.63, 3.8) is 0 Å². The summed E-state index contributed by atoms with van der Waals surface area (Å²) in [6, 6.07) is 10.0. The van der Waals surface area contributed by atoms with E-state index in [2.05, 4.69) is 10.5 Å². The van der Waals surface area contributed by atoms with Gasteiger partial charge in [0.25, 0.3) is 5.91 Å². The molecule has 0 aliphatic rings. The lowest BCUT2D eigenvalue weighted by molar-refractivity contribution is 0.0493. The van der Waals surface area contributed by atoms with E-state index >= 15 is 0 Å². The van der Waals surface area contributed by atoms with Gasteiger partial charge in [0.2, 0.25) is 0 Å². The second-order valence-electron chi connectivity index (χ2n) is 7.17. The van der Waals surface area contributed by atoms with Gasteiger partial charge >= 0.3 is 0 Å². The Kier molecular flexibility index (Phi) is 6.58. The van der Waals surface area contributed by atoms with Gasteiger partial charge in [-0.05, 0) is 39.0 Å². The third-order valence-corrected chi connectivity index (χ3v) is 5.89. The van der Waals surface area contributed by atoms with Crippen LogP contribution in [0.15, 0.2) is 51.9 Å². The zero-order valence-electron chi connectivity index (χ0n) is 16.8. The van der Waals surface area contributed by atoms with E-state index in [0.29, 0.717) is 17.4 Å². The van der Waals surface area contributed by atoms with Gasteiger partial charge in [-0.3, -0.25) is 4.79 Å². The van der Waals surface area contributed by atoms with Gasteiger partial charge < -0.3 is 14.9 Å². The van der Waals surface area contributed by atoms with Crippen molar-refractivity contribution < 1.29 is 23.2 Å². The van der Waals surface area contributed by atoms with Crippen molar-refractivity contribution in [3.05, 3.63) is 82.2 Å². The Balaban J connectivity index is 1.71. The molecule has 0 fully saturated rings. The number of carbonyl (C=O) groups is 1. The Morgan fingerprint density at radius 2 is 1.97 bits per heavy atom. The minimum atomic E-state index is -1.70. The van der Waals surface area contributed by atoms with Crippen molar-refractivity contribution in [1.29, 1.82) is 0 Å². The number of amides is 1. The highest BCUT2D eigenvalue weighted by Gasteiger charge is 2.28. The molecule has 0 radical (unpaired) electrons. The molecule has 1 heterocycles. The maximum Gasteiger partial charge on any atom is 0.252 e. The van der Waals surface area contributed by atoms with Crippen LogP contribution >= 0.6 is 11.8 Å². The number of nitrogens with zero attached hydrogens (tertiary/aromatic N) is 1. The van der Waals surface area contributed by atoms with Gasteiger partial charge in [-0.25, -0.2) is 8.78 Å². The molecule has 5 nitrogen and oxygen atoms in total. The molecule has 1 aromatic heterocycles. The minimum Gasteiger partial charge on any atom is -0.383 e. The number of aliphatic hydroxyl groups is 1. The molecule has 0 spiro atoms. The van der Waals surface area contributed by atoms with Gasteiger partial charge in [0.1, 0.15) is 23.0 Å². The molecule has 158 valence electrons. The maximum absolute atomic E-state index is 14.0. The molecule has 2 N–H and O–H groups in total. The summed E-state index contributed by atoms with van der Waals surface area (Å²) in [5, 5.41) is 17.2. The van der Waals surface area contributed by atoms with Crippen molar-refractivity contribution in [2.24, 2.45) is 0 Å². The Labute approximate surface area is 177 Å². The van der Waals surface area contributed by atoms with Crippen molar-refractivity contribution in [3.8, 4) is 0 Å². The highest BCUT2D eigenvalue weighted by atomic mass is 32.2. The zero-order valence-corrected chi connectivity index (χ0v) is 17.6. The third kappa shape index (κ3) is 4.88. The number of halogens is 2. The van der Waals surface area contributed by atoms with Crippen LogP contribution in [-0.4, -0.2) is 22.7 Å². The molecule has 0 bridgehead atoms. The van der Waals surface area contributed by atoms with Gasteiger partial charge in [-0.15, -0.1) is 11.8 Å². The fraction of sp³-hybridized carbons (Fsp3) is 0.273. The molecule has 0 aliphatic carbocycles. The van der Waals surface area contributed by atoms with Crippen LogP contribution in [0.5, 0.6) is 0 Å². The number of thioether (sulfide) groups is 1. The van der Waals surface area contributed by atoms with E-state index in [4.69, 9.17) is 4.52 Å². The number of rotatable bonds is 7. The van der Waals surface area contributed by atoms with E-state index < -0.39 is 23.1 Å². The molecule has 3 rings (SSSR count). The molecular formula is C22H22F2N2O3S. The van der Waals surface area contributed by atoms with Crippen molar-refractivity contribution in [2.75, 3.05) is 6.54 Å². The SMILES string of the molecule is Cc1noc(C)c1CSc1ccccc1C(=O)NCC(C)(O)c1ccc(F)cc1F. The first-order valence-electron chi connectivity index (χ1n) is 9.28. The fourth-order valence-corrected chi connectivity index (χ4v) is 4.21. The summed E-state index contributed by atoms with van der Waals surface area (Å²) in [7, 11) is 0. The van der Waals surface area contributed by atoms with Crippen molar-refractivity contribution in [2.45, 2.75) is 37.0 Å². The predicted octanol–water partition coefficient (Wildman–Crippen LogP) is 4.50. The molecule has 2 aromatic carbocycles. The van der Waals surface area contributed by atoms with Crippen LogP contribution < -0.4 is 5.32 Å². The van der Waals surface area contributed by atoms with Crippen molar-refractivity contribution >= 4 is 17.7 Å². The fourth-order valence-electron chi connectivity index (χ4n) is 3.01. The first-order valence-corrected chi connectivity index (χ1v) is 10.3. The maximum atomic E-state index is 14.0. The third-order valence-electron chi connectivity index (χ3n) is 4.79. The lowest BCUT2D eigenvalue weighted by atomic mass is 9.95. The van der Waals surface area contributed by atoms with Crippen LogP contribution in [0.4, 0.5) is 8.78 Å². The first kappa shape index (κ1) is 22.0. The molecule has 0 saturated carbocycles. The summed E-state index contributed by atoms with van der Waals surface area (Å²) in [6.07, 6.45) is 0. The van der Waals surface area contributed by atoms with Gasteiger partial charge in [0.15, 0.2) is 0 Å². The lowest BCUT2D eigenvalue weighted by Crippen LogP contribution is -2.39. The monoisotopic (exact) mass is 432 g/mol. The Morgan fingerprint density at radius 1 is 1.23 bits per heavy atom. The van der Waals surface area contributed by atoms with Crippen LogP contribution in [-0.2, 0) is 11.4 Å². The molecule has 30 heavy (non-hydrogen) atoms. The van der Waals surface area contributed by atoms with Gasteiger partial charge in [-0.2, -0.15) is 0 Å². The number of hydrogen-bond donors (Lipinski definition) is 2. The van der Waals surface area contributed by atoms with E-state index in [1.165, 1.54) is 24.8 Å². The summed E-state index contributed by atoms with van der Waals surface area (Å²) in [5.74, 6) is -0.687. The average Bonchev–Trinajstić information content (AvgIpc) is 3.02. The van der Waals surface area contributed by atoms with Crippen LogP contribution in [0.3, 0.4) is 0 Å². The van der Waals surface area contributed by atoms with Gasteiger partial charge in [0.05, 0.1) is 17.8 Å². The summed E-state index contributed by atoms with van der Waals surface area (Å²) >= 11 is 1.47. The second kappa shape index (κ2) is 8.97. The van der Waals surface area contributed by atoms with E-state index in [1.807, 2.05) is 26.0 Å². The highest BCUT2D eigenvalue weighted by Crippen LogP contribution is 2.29. The summed E-state index contributed by atoms with van der Waals surface area (Å²) < 4.78 is 32.3. The Bertz CT molecular complexity index is 1050. The van der Waals surface area contributed by atoms with Crippen LogP contribution in [0.25, 0.3) is 0 Å². The van der Waals surface area contributed by atoms with E-state index in [1.54, 1.807) is 12.1 Å². The normalized spacial score (nSPS) is 13.1. The van der Waals surface area contributed by atoms with E-state index in [0.717, 1.165) is 28.0 Å². The summed E-state index contributed by atoms with van der Waals surface area (Å²) in [6.45, 7) is 4.83. The topological polar surface area (TPSA) is 75.4 Å². The molecule has 0 saturated heterocycles. The number of nitrogens with one attached hydrogen (secondary N) is 1. The van der Waals surface area contributed by atoms with Crippen LogP contribution in [0.1, 0.15) is 39.9 Å². The average molecular weight is 432 g/mol. The van der Waals surface area contributed by atoms with Gasteiger partial charge in [0, 0.05) is 27.8 Å². The van der Waals surface area contributed by atoms with Crippen LogP contribution in [0.2, 0.25) is 0 Å².